The standard InChI is InChI=1S/C28H24F3N3O3/c1-37-15-14-34-25(22-16-32-23-9-5-4-6-19(22)23)24(20-7-2-3-8-21(20)27(34)36)26(35)33-18-12-10-17(11-13-18)28(29,30)31/h2-13,16,24-25,32H,14-15H2,1H3,(H,33,35)/t24-,25+/m0/s1. The van der Waals surface area contributed by atoms with Crippen molar-refractivity contribution in [1.82, 2.24) is 9.88 Å². The number of ether oxygens (including phenoxy) is 1. The zero-order valence-electron chi connectivity index (χ0n) is 19.9. The normalized spacial score (nSPS) is 17.6. The van der Waals surface area contributed by atoms with E-state index in [2.05, 4.69) is 10.3 Å². The quantitative estimate of drug-likeness (QED) is 0.349. The van der Waals surface area contributed by atoms with Gasteiger partial charge in [-0.05, 0) is 42.0 Å². The summed E-state index contributed by atoms with van der Waals surface area (Å²) in [6.45, 7) is 0.512. The van der Waals surface area contributed by atoms with Gasteiger partial charge >= 0.3 is 6.18 Å². The first kappa shape index (κ1) is 24.6. The summed E-state index contributed by atoms with van der Waals surface area (Å²) in [5.41, 5.74) is 2.01. The topological polar surface area (TPSA) is 74.4 Å². The summed E-state index contributed by atoms with van der Waals surface area (Å²) in [5.74, 6) is -1.48. The van der Waals surface area contributed by atoms with Crippen LogP contribution in [0.3, 0.4) is 0 Å². The molecule has 190 valence electrons. The second kappa shape index (κ2) is 9.74. The van der Waals surface area contributed by atoms with Crippen LogP contribution in [0.25, 0.3) is 10.9 Å². The number of carbonyl (C=O) groups excluding carboxylic acids is 2. The Bertz CT molecular complexity index is 1450. The maximum atomic E-state index is 13.9. The van der Waals surface area contributed by atoms with Crippen molar-refractivity contribution in [3.63, 3.8) is 0 Å². The third-order valence-electron chi connectivity index (χ3n) is 6.68. The van der Waals surface area contributed by atoms with Gasteiger partial charge in [0.15, 0.2) is 0 Å². The van der Waals surface area contributed by atoms with Crippen LogP contribution in [0.2, 0.25) is 0 Å². The Hall–Kier alpha value is -4.11. The summed E-state index contributed by atoms with van der Waals surface area (Å²) in [6, 6.07) is 18.2. The Morgan fingerprint density at radius 1 is 1.00 bits per heavy atom. The number of amides is 2. The van der Waals surface area contributed by atoms with E-state index in [1.54, 1.807) is 35.4 Å². The number of fused-ring (bicyclic) bond motifs is 2. The van der Waals surface area contributed by atoms with E-state index in [1.807, 2.05) is 24.3 Å². The molecule has 2 amide bonds. The molecule has 5 rings (SSSR count). The third-order valence-corrected chi connectivity index (χ3v) is 6.68. The van der Waals surface area contributed by atoms with Crippen LogP contribution >= 0.6 is 0 Å². The Balaban J connectivity index is 1.61. The lowest BCUT2D eigenvalue weighted by Gasteiger charge is -2.41. The number of nitrogens with zero attached hydrogens (tertiary/aromatic N) is 1. The number of methoxy groups -OCH3 is 1. The minimum absolute atomic E-state index is 0.221. The van der Waals surface area contributed by atoms with Crippen molar-refractivity contribution in [3.05, 3.63) is 101 Å². The van der Waals surface area contributed by atoms with Crippen LogP contribution in [0.4, 0.5) is 18.9 Å². The van der Waals surface area contributed by atoms with E-state index in [0.29, 0.717) is 11.1 Å². The molecule has 0 spiro atoms. The molecule has 0 saturated carbocycles. The van der Waals surface area contributed by atoms with Crippen molar-refractivity contribution >= 4 is 28.4 Å². The molecule has 2 atom stereocenters. The number of benzene rings is 3. The molecular formula is C28H24F3N3O3. The summed E-state index contributed by atoms with van der Waals surface area (Å²) < 4.78 is 44.3. The van der Waals surface area contributed by atoms with Crippen molar-refractivity contribution in [2.75, 3.05) is 25.6 Å². The van der Waals surface area contributed by atoms with Gasteiger partial charge in [0, 0.05) is 47.6 Å². The molecule has 0 unspecified atom stereocenters. The second-order valence-electron chi connectivity index (χ2n) is 8.86. The van der Waals surface area contributed by atoms with Gasteiger partial charge in [0.25, 0.3) is 5.91 Å². The summed E-state index contributed by atoms with van der Waals surface area (Å²) >= 11 is 0. The van der Waals surface area contributed by atoms with Gasteiger partial charge in [-0.15, -0.1) is 0 Å². The van der Waals surface area contributed by atoms with Gasteiger partial charge in [-0.3, -0.25) is 9.59 Å². The minimum atomic E-state index is -4.48. The minimum Gasteiger partial charge on any atom is -0.383 e. The van der Waals surface area contributed by atoms with Crippen molar-refractivity contribution in [2.24, 2.45) is 0 Å². The largest absolute Gasteiger partial charge is 0.416 e. The van der Waals surface area contributed by atoms with E-state index in [0.717, 1.165) is 28.6 Å². The number of H-pyrrole nitrogens is 1. The van der Waals surface area contributed by atoms with Crippen LogP contribution in [0.1, 0.15) is 39.0 Å². The molecule has 0 aliphatic carbocycles. The number of aromatic nitrogens is 1. The number of carbonyl (C=O) groups is 2. The molecule has 0 bridgehead atoms. The number of alkyl halides is 3. The van der Waals surface area contributed by atoms with Crippen molar-refractivity contribution in [2.45, 2.75) is 18.1 Å². The number of halogens is 3. The Kier molecular flexibility index (Phi) is 6.47. The number of rotatable bonds is 6. The summed E-state index contributed by atoms with van der Waals surface area (Å²) in [6.07, 6.45) is -2.68. The van der Waals surface area contributed by atoms with Gasteiger partial charge in [-0.2, -0.15) is 13.2 Å². The van der Waals surface area contributed by atoms with Gasteiger partial charge in [-0.1, -0.05) is 36.4 Å². The highest BCUT2D eigenvalue weighted by molar-refractivity contribution is 6.05. The van der Waals surface area contributed by atoms with E-state index >= 15 is 0 Å². The highest BCUT2D eigenvalue weighted by atomic mass is 19.4. The molecule has 3 aromatic carbocycles. The zero-order valence-corrected chi connectivity index (χ0v) is 19.9. The van der Waals surface area contributed by atoms with Gasteiger partial charge in [0.1, 0.15) is 0 Å². The number of anilines is 1. The van der Waals surface area contributed by atoms with E-state index in [4.69, 9.17) is 4.74 Å². The fourth-order valence-electron chi connectivity index (χ4n) is 4.96. The first-order valence-corrected chi connectivity index (χ1v) is 11.7. The molecule has 6 nitrogen and oxygen atoms in total. The monoisotopic (exact) mass is 507 g/mol. The molecule has 1 aliphatic rings. The number of nitrogens with one attached hydrogen (secondary N) is 2. The van der Waals surface area contributed by atoms with Crippen LogP contribution in [-0.2, 0) is 15.7 Å². The maximum Gasteiger partial charge on any atom is 0.416 e. The van der Waals surface area contributed by atoms with E-state index in [-0.39, 0.29) is 24.7 Å². The molecule has 9 heteroatoms. The molecule has 2 heterocycles. The molecule has 0 fully saturated rings. The Labute approximate surface area is 211 Å². The van der Waals surface area contributed by atoms with E-state index in [9.17, 15) is 22.8 Å². The van der Waals surface area contributed by atoms with Crippen LogP contribution in [0, 0.1) is 0 Å². The molecule has 0 saturated heterocycles. The lowest BCUT2D eigenvalue weighted by Crippen LogP contribution is -2.47. The van der Waals surface area contributed by atoms with E-state index < -0.39 is 29.6 Å². The number of aromatic amines is 1. The average molecular weight is 508 g/mol. The van der Waals surface area contributed by atoms with Crippen LogP contribution in [0.5, 0.6) is 0 Å². The Morgan fingerprint density at radius 2 is 1.70 bits per heavy atom. The van der Waals surface area contributed by atoms with E-state index in [1.165, 1.54) is 19.2 Å². The molecule has 1 aromatic heterocycles. The van der Waals surface area contributed by atoms with Crippen LogP contribution in [-0.4, -0.2) is 42.0 Å². The van der Waals surface area contributed by atoms with Gasteiger partial charge in [-0.25, -0.2) is 0 Å². The summed E-state index contributed by atoms with van der Waals surface area (Å²) in [7, 11) is 1.54. The van der Waals surface area contributed by atoms with Crippen LogP contribution in [0.15, 0.2) is 79.0 Å². The average Bonchev–Trinajstić information content (AvgIpc) is 3.31. The van der Waals surface area contributed by atoms with Crippen LogP contribution < -0.4 is 5.32 Å². The molecule has 1 aliphatic heterocycles. The zero-order chi connectivity index (χ0) is 26.2. The summed E-state index contributed by atoms with van der Waals surface area (Å²) in [5, 5.41) is 3.65. The molecule has 4 aromatic rings. The fraction of sp³-hybridized carbons (Fsp3) is 0.214. The molecule has 37 heavy (non-hydrogen) atoms. The van der Waals surface area contributed by atoms with Gasteiger partial charge < -0.3 is 19.9 Å². The predicted molar refractivity (Wildman–Crippen MR) is 133 cm³/mol. The fourth-order valence-corrected chi connectivity index (χ4v) is 4.96. The summed E-state index contributed by atoms with van der Waals surface area (Å²) in [4.78, 5) is 32.4. The number of hydrogen-bond acceptors (Lipinski definition) is 3. The molecular weight excluding hydrogens is 483 g/mol. The second-order valence-corrected chi connectivity index (χ2v) is 8.86. The SMILES string of the molecule is COCCN1C(=O)c2ccccc2[C@H](C(=O)Nc2ccc(C(F)(F)F)cc2)[C@H]1c1c[nH]c2ccccc12. The van der Waals surface area contributed by atoms with Gasteiger partial charge in [0.05, 0.1) is 24.1 Å². The Morgan fingerprint density at radius 3 is 2.43 bits per heavy atom. The van der Waals surface area contributed by atoms with Gasteiger partial charge in [0.2, 0.25) is 5.91 Å². The smallest absolute Gasteiger partial charge is 0.383 e. The highest BCUT2D eigenvalue weighted by Gasteiger charge is 2.45. The molecule has 0 radical (unpaired) electrons. The lowest BCUT2D eigenvalue weighted by molar-refractivity contribution is -0.137. The predicted octanol–water partition coefficient (Wildman–Crippen LogP) is 5.75. The third kappa shape index (κ3) is 4.58. The van der Waals surface area contributed by atoms with Crippen molar-refractivity contribution in [1.29, 1.82) is 0 Å². The first-order valence-electron chi connectivity index (χ1n) is 11.7. The maximum absolute atomic E-state index is 13.9. The lowest BCUT2D eigenvalue weighted by atomic mass is 9.79. The highest BCUT2D eigenvalue weighted by Crippen LogP contribution is 2.45. The number of hydrogen-bond donors (Lipinski definition) is 2. The molecule has 2 N–H and O–H groups in total. The first-order chi connectivity index (χ1) is 17.8. The van der Waals surface area contributed by atoms with Crippen molar-refractivity contribution < 1.29 is 27.5 Å². The number of para-hydroxylation sites is 1. The van der Waals surface area contributed by atoms with Crippen molar-refractivity contribution in [3.8, 4) is 0 Å².